The molecule has 0 radical (unpaired) electrons. The van der Waals surface area contributed by atoms with Gasteiger partial charge in [0.15, 0.2) is 5.37 Å². The summed E-state index contributed by atoms with van der Waals surface area (Å²) in [4.78, 5) is 35.6. The SMILES string of the molecule is CS(=O)(=O)Nc1cc([C@H](O)CN(CCc2ccc(NC3SC(=O)NC3=O)cc2)C(=O)O)ccc1O. The number of nitrogens with zero attached hydrogens (tertiary/aromatic N) is 1. The Morgan fingerprint density at radius 3 is 2.46 bits per heavy atom. The average Bonchev–Trinajstić information content (AvgIpc) is 3.08. The van der Waals surface area contributed by atoms with Gasteiger partial charge in [0.1, 0.15) is 5.75 Å². The van der Waals surface area contributed by atoms with Crippen LogP contribution in [0.1, 0.15) is 17.2 Å². The van der Waals surface area contributed by atoms with Crippen LogP contribution in [0.4, 0.5) is 21.0 Å². The van der Waals surface area contributed by atoms with Crippen LogP contribution >= 0.6 is 11.8 Å². The van der Waals surface area contributed by atoms with Crippen molar-refractivity contribution in [3.63, 3.8) is 0 Å². The number of nitrogens with one attached hydrogen (secondary N) is 3. The van der Waals surface area contributed by atoms with E-state index >= 15 is 0 Å². The van der Waals surface area contributed by atoms with Crippen molar-refractivity contribution in [3.8, 4) is 5.75 Å². The summed E-state index contributed by atoms with van der Waals surface area (Å²) in [5.74, 6) is -0.759. The van der Waals surface area contributed by atoms with Gasteiger partial charge in [-0.05, 0) is 53.6 Å². The van der Waals surface area contributed by atoms with Gasteiger partial charge in [-0.25, -0.2) is 13.2 Å². The predicted molar refractivity (Wildman–Crippen MR) is 130 cm³/mol. The van der Waals surface area contributed by atoms with E-state index in [0.29, 0.717) is 12.1 Å². The fraction of sp³-hybridized carbons (Fsp3) is 0.286. The zero-order valence-electron chi connectivity index (χ0n) is 18.5. The van der Waals surface area contributed by atoms with Gasteiger partial charge in [0.25, 0.3) is 11.1 Å². The number of imide groups is 1. The van der Waals surface area contributed by atoms with Crippen LogP contribution < -0.4 is 15.4 Å². The van der Waals surface area contributed by atoms with Crippen LogP contribution in [0.5, 0.6) is 5.75 Å². The smallest absolute Gasteiger partial charge is 0.407 e. The Labute approximate surface area is 205 Å². The number of sulfonamides is 1. The summed E-state index contributed by atoms with van der Waals surface area (Å²) in [7, 11) is -3.67. The van der Waals surface area contributed by atoms with Gasteiger partial charge in [-0.15, -0.1) is 0 Å². The Kier molecular flexibility index (Phi) is 8.09. The van der Waals surface area contributed by atoms with Crippen LogP contribution in [0.3, 0.4) is 0 Å². The molecule has 6 N–H and O–H groups in total. The molecule has 14 heteroatoms. The fourth-order valence-corrected chi connectivity index (χ4v) is 4.55. The summed E-state index contributed by atoms with van der Waals surface area (Å²) in [5, 5.41) is 33.9. The number of phenols is 1. The van der Waals surface area contributed by atoms with Gasteiger partial charge >= 0.3 is 6.09 Å². The summed E-state index contributed by atoms with van der Waals surface area (Å²) < 4.78 is 25.0. The van der Waals surface area contributed by atoms with E-state index in [-0.39, 0.29) is 30.1 Å². The van der Waals surface area contributed by atoms with Crippen LogP contribution in [-0.2, 0) is 21.2 Å². The van der Waals surface area contributed by atoms with Crippen molar-refractivity contribution in [2.75, 3.05) is 29.4 Å². The molecule has 1 unspecified atom stereocenters. The largest absolute Gasteiger partial charge is 0.506 e. The Bertz CT molecular complexity index is 1220. The van der Waals surface area contributed by atoms with Crippen molar-refractivity contribution in [1.82, 2.24) is 10.2 Å². The molecule has 0 aliphatic carbocycles. The number of benzene rings is 2. The number of hydrogen-bond donors (Lipinski definition) is 6. The molecule has 0 saturated carbocycles. The number of carbonyl (C=O) groups is 3. The van der Waals surface area contributed by atoms with E-state index in [1.54, 1.807) is 24.3 Å². The molecule has 188 valence electrons. The normalized spacial score (nSPS) is 16.5. The van der Waals surface area contributed by atoms with Crippen LogP contribution in [0.2, 0.25) is 0 Å². The first-order chi connectivity index (χ1) is 16.4. The molecule has 3 rings (SSSR count). The quantitative estimate of drug-likeness (QED) is 0.250. The summed E-state index contributed by atoms with van der Waals surface area (Å²) in [6.45, 7) is -0.207. The predicted octanol–water partition coefficient (Wildman–Crippen LogP) is 1.74. The average molecular weight is 525 g/mol. The highest BCUT2D eigenvalue weighted by molar-refractivity contribution is 8.15. The van der Waals surface area contributed by atoms with Crippen molar-refractivity contribution < 1.29 is 38.1 Å². The number of amides is 3. The van der Waals surface area contributed by atoms with Crippen molar-refractivity contribution in [2.45, 2.75) is 17.9 Å². The summed E-state index contributed by atoms with van der Waals surface area (Å²) >= 11 is 0.844. The van der Waals surface area contributed by atoms with Crippen LogP contribution in [0.25, 0.3) is 0 Å². The van der Waals surface area contributed by atoms with Gasteiger partial charge in [0, 0.05) is 12.2 Å². The van der Waals surface area contributed by atoms with E-state index in [4.69, 9.17) is 0 Å². The first-order valence-corrected chi connectivity index (χ1v) is 13.0. The molecular formula is C21H24N4O8S2. The maximum absolute atomic E-state index is 11.7. The monoisotopic (exact) mass is 524 g/mol. The third-order valence-corrected chi connectivity index (χ3v) is 6.45. The molecule has 2 aromatic carbocycles. The van der Waals surface area contributed by atoms with Crippen LogP contribution in [0, 0.1) is 0 Å². The second kappa shape index (κ2) is 10.8. The minimum atomic E-state index is -3.67. The lowest BCUT2D eigenvalue weighted by atomic mass is 10.1. The topological polar surface area (TPSA) is 185 Å². The molecule has 0 aromatic heterocycles. The molecule has 0 spiro atoms. The van der Waals surface area contributed by atoms with Gasteiger partial charge in [-0.3, -0.25) is 19.6 Å². The van der Waals surface area contributed by atoms with Crippen molar-refractivity contribution >= 4 is 50.4 Å². The minimum Gasteiger partial charge on any atom is -0.506 e. The van der Waals surface area contributed by atoms with Crippen LogP contribution in [-0.4, -0.2) is 70.6 Å². The van der Waals surface area contributed by atoms with Gasteiger partial charge in [-0.2, -0.15) is 0 Å². The molecular weight excluding hydrogens is 500 g/mol. The lowest BCUT2D eigenvalue weighted by Gasteiger charge is -2.23. The van der Waals surface area contributed by atoms with E-state index in [9.17, 15) is 38.1 Å². The number of aliphatic hydroxyl groups excluding tert-OH is 1. The molecule has 12 nitrogen and oxygen atoms in total. The molecule has 3 amide bonds. The van der Waals surface area contributed by atoms with Crippen molar-refractivity contribution in [3.05, 3.63) is 53.6 Å². The number of carboxylic acid groups (broad SMARTS) is 1. The number of phenolic OH excluding ortho intramolecular Hbond substituents is 1. The highest BCUT2D eigenvalue weighted by Crippen LogP contribution is 2.28. The highest BCUT2D eigenvalue weighted by atomic mass is 32.2. The number of aliphatic hydroxyl groups is 1. The standard InChI is InChI=1S/C21H24N4O8S2/c1-35(32,33)24-15-10-13(4-7-16(15)26)17(27)11-25(21(30)31)9-8-12-2-5-14(6-3-12)22-19-18(28)23-20(29)34-19/h2-7,10,17,19,22,24,26-27H,8-9,11H2,1H3,(H,30,31)(H,23,28,29)/t17-,19?/m1/s1. The molecule has 1 saturated heterocycles. The van der Waals surface area contributed by atoms with E-state index in [1.807, 2.05) is 0 Å². The fourth-order valence-electron chi connectivity index (χ4n) is 3.26. The molecule has 1 fully saturated rings. The lowest BCUT2D eigenvalue weighted by Crippen LogP contribution is -2.35. The molecule has 1 aliphatic heterocycles. The van der Waals surface area contributed by atoms with Gasteiger partial charge in [-0.1, -0.05) is 18.2 Å². The van der Waals surface area contributed by atoms with Gasteiger partial charge < -0.3 is 25.5 Å². The maximum Gasteiger partial charge on any atom is 0.407 e. The zero-order valence-corrected chi connectivity index (χ0v) is 20.1. The number of rotatable bonds is 10. The number of hydrogen-bond acceptors (Lipinski definition) is 9. The Hall–Kier alpha value is -3.49. The second-order valence-corrected chi connectivity index (χ2v) is 10.6. The lowest BCUT2D eigenvalue weighted by molar-refractivity contribution is -0.118. The van der Waals surface area contributed by atoms with Gasteiger partial charge in [0.2, 0.25) is 10.0 Å². The Balaban J connectivity index is 1.59. The summed E-state index contributed by atoms with van der Waals surface area (Å²) in [6, 6.07) is 10.7. The molecule has 2 aromatic rings. The maximum atomic E-state index is 11.7. The number of anilines is 2. The van der Waals surface area contributed by atoms with Crippen molar-refractivity contribution in [1.29, 1.82) is 0 Å². The summed E-state index contributed by atoms with van der Waals surface area (Å²) in [5.41, 5.74) is 1.52. The van der Waals surface area contributed by atoms with Crippen LogP contribution in [0.15, 0.2) is 42.5 Å². The molecule has 1 heterocycles. The van der Waals surface area contributed by atoms with Gasteiger partial charge in [0.05, 0.1) is 24.6 Å². The third-order valence-electron chi connectivity index (χ3n) is 4.97. The Morgan fingerprint density at radius 2 is 1.89 bits per heavy atom. The highest BCUT2D eigenvalue weighted by Gasteiger charge is 2.31. The van der Waals surface area contributed by atoms with E-state index in [2.05, 4.69) is 15.4 Å². The molecule has 35 heavy (non-hydrogen) atoms. The van der Waals surface area contributed by atoms with E-state index in [1.165, 1.54) is 18.2 Å². The minimum absolute atomic E-state index is 0.0705. The second-order valence-electron chi connectivity index (χ2n) is 7.76. The van der Waals surface area contributed by atoms with Crippen molar-refractivity contribution in [2.24, 2.45) is 0 Å². The zero-order chi connectivity index (χ0) is 25.8. The molecule has 0 bridgehead atoms. The van der Waals surface area contributed by atoms with E-state index < -0.39 is 38.7 Å². The first kappa shape index (κ1) is 26.1. The number of thioether (sulfide) groups is 1. The van der Waals surface area contributed by atoms with E-state index in [0.717, 1.165) is 28.5 Å². The third kappa shape index (κ3) is 7.50. The molecule has 1 aliphatic rings. The number of carbonyl (C=O) groups excluding carboxylic acids is 2. The Morgan fingerprint density at radius 1 is 1.20 bits per heavy atom. The first-order valence-electron chi connectivity index (χ1n) is 10.2. The summed E-state index contributed by atoms with van der Waals surface area (Å²) in [6.07, 6.45) is -1.26. The molecule has 2 atom stereocenters. The number of aromatic hydroxyl groups is 1.